The first-order valence-corrected chi connectivity index (χ1v) is 7.35. The number of halogens is 2. The van der Waals surface area contributed by atoms with Crippen LogP contribution in [0.1, 0.15) is 33.1 Å². The topological polar surface area (TPSA) is 71.2 Å². The molecule has 2 rings (SSSR count). The minimum absolute atomic E-state index is 0. The monoisotopic (exact) mass is 348 g/mol. The van der Waals surface area contributed by atoms with Crippen molar-refractivity contribution in [2.45, 2.75) is 39.2 Å². The Morgan fingerprint density at radius 1 is 1.23 bits per heavy atom. The average molecular weight is 349 g/mol. The second-order valence-corrected chi connectivity index (χ2v) is 5.59. The predicted molar refractivity (Wildman–Crippen MR) is 96.2 cm³/mol. The van der Waals surface area contributed by atoms with Gasteiger partial charge in [-0.05, 0) is 38.3 Å². The van der Waals surface area contributed by atoms with Crippen molar-refractivity contribution >= 4 is 42.2 Å². The van der Waals surface area contributed by atoms with E-state index in [0.717, 1.165) is 18.8 Å². The molecule has 126 valence electrons. The second kappa shape index (κ2) is 9.87. The van der Waals surface area contributed by atoms with Crippen LogP contribution in [0.25, 0.3) is 0 Å². The molecule has 1 aliphatic rings. The van der Waals surface area contributed by atoms with Gasteiger partial charge in [0, 0.05) is 19.1 Å². The first-order valence-electron chi connectivity index (χ1n) is 7.35. The molecule has 0 radical (unpaired) electrons. The largest absolute Gasteiger partial charge is 0.370 e. The first-order chi connectivity index (χ1) is 9.58. The lowest BCUT2D eigenvalue weighted by Crippen LogP contribution is -2.34. The number of nitrogens with one attached hydrogen (secondary N) is 1. The van der Waals surface area contributed by atoms with E-state index in [1.165, 1.54) is 19.3 Å². The van der Waals surface area contributed by atoms with E-state index < -0.39 is 0 Å². The van der Waals surface area contributed by atoms with Gasteiger partial charge in [-0.15, -0.1) is 24.8 Å². The van der Waals surface area contributed by atoms with Gasteiger partial charge in [-0.1, -0.05) is 6.92 Å². The van der Waals surface area contributed by atoms with Crippen molar-refractivity contribution < 1.29 is 4.79 Å². The van der Waals surface area contributed by atoms with E-state index in [1.54, 1.807) is 0 Å². The first kappa shape index (κ1) is 21.0. The van der Waals surface area contributed by atoms with Crippen LogP contribution >= 0.6 is 24.8 Å². The van der Waals surface area contributed by atoms with Gasteiger partial charge in [-0.25, -0.2) is 4.98 Å². The summed E-state index contributed by atoms with van der Waals surface area (Å²) in [6.07, 6.45) is 5.62. The fraction of sp³-hybridized carbons (Fsp3) is 0.600. The molecule has 3 N–H and O–H groups in total. The maximum Gasteiger partial charge on any atom is 0.229 e. The molecule has 1 aromatic heterocycles. The van der Waals surface area contributed by atoms with Gasteiger partial charge in [0.25, 0.3) is 0 Å². The maximum atomic E-state index is 11.9. The quantitative estimate of drug-likeness (QED) is 0.877. The molecular formula is C15H26Cl2N4O. The van der Waals surface area contributed by atoms with Crippen molar-refractivity contribution in [2.75, 3.05) is 23.3 Å². The van der Waals surface area contributed by atoms with Gasteiger partial charge in [-0.2, -0.15) is 0 Å². The molecule has 0 aliphatic carbocycles. The second-order valence-electron chi connectivity index (χ2n) is 5.59. The molecule has 1 saturated heterocycles. The Labute approximate surface area is 144 Å². The minimum Gasteiger partial charge on any atom is -0.370 e. The molecule has 0 bridgehead atoms. The fourth-order valence-corrected chi connectivity index (χ4v) is 2.28. The highest BCUT2D eigenvalue weighted by Crippen LogP contribution is 2.20. The van der Waals surface area contributed by atoms with Gasteiger partial charge in [0.2, 0.25) is 5.91 Å². The van der Waals surface area contributed by atoms with Gasteiger partial charge < -0.3 is 16.0 Å². The van der Waals surface area contributed by atoms with Crippen molar-refractivity contribution in [3.05, 3.63) is 18.3 Å². The third-order valence-electron chi connectivity index (χ3n) is 3.92. The van der Waals surface area contributed by atoms with Crippen molar-refractivity contribution in [1.82, 2.24) is 4.98 Å². The van der Waals surface area contributed by atoms with Crippen LogP contribution in [0.3, 0.4) is 0 Å². The Hall–Kier alpha value is -1.04. The standard InChI is InChI=1S/C15H24N4O.2ClH/c1-11(12(2)16)15(20)18-14-7-6-13(10-17-14)19-8-4-3-5-9-19;;/h6-7,10-12H,3-5,8-9,16H2,1-2H3,(H,17,18,20);2*1H. The molecule has 1 aliphatic heterocycles. The van der Waals surface area contributed by atoms with Gasteiger partial charge in [-0.3, -0.25) is 4.79 Å². The molecule has 0 spiro atoms. The van der Waals surface area contributed by atoms with Crippen LogP contribution in [-0.4, -0.2) is 30.0 Å². The molecular weight excluding hydrogens is 323 g/mol. The summed E-state index contributed by atoms with van der Waals surface area (Å²) in [5, 5.41) is 2.80. The Bertz CT molecular complexity index is 447. The van der Waals surface area contributed by atoms with Crippen molar-refractivity contribution in [2.24, 2.45) is 11.7 Å². The normalized spacial score (nSPS) is 16.8. The molecule has 0 aromatic carbocycles. The molecule has 1 fully saturated rings. The highest BCUT2D eigenvalue weighted by molar-refractivity contribution is 5.91. The molecule has 5 nitrogen and oxygen atoms in total. The summed E-state index contributed by atoms with van der Waals surface area (Å²) >= 11 is 0. The Morgan fingerprint density at radius 2 is 1.86 bits per heavy atom. The van der Waals surface area contributed by atoms with Gasteiger partial charge in [0.1, 0.15) is 5.82 Å². The molecule has 7 heteroatoms. The minimum atomic E-state index is -0.224. The van der Waals surface area contributed by atoms with E-state index in [9.17, 15) is 4.79 Å². The lowest BCUT2D eigenvalue weighted by atomic mass is 10.0. The number of anilines is 2. The Balaban J connectivity index is 0.00000220. The number of rotatable bonds is 4. The highest BCUT2D eigenvalue weighted by Gasteiger charge is 2.17. The van der Waals surface area contributed by atoms with Crippen molar-refractivity contribution in [3.63, 3.8) is 0 Å². The number of nitrogens with two attached hydrogens (primary N) is 1. The molecule has 0 saturated carbocycles. The number of carbonyl (C=O) groups excluding carboxylic acids is 1. The lowest BCUT2D eigenvalue weighted by molar-refractivity contribution is -0.119. The molecule has 2 heterocycles. The molecule has 2 atom stereocenters. The smallest absolute Gasteiger partial charge is 0.229 e. The number of nitrogens with zero attached hydrogens (tertiary/aromatic N) is 2. The summed E-state index contributed by atoms with van der Waals surface area (Å²) in [5.41, 5.74) is 6.85. The van der Waals surface area contributed by atoms with E-state index in [1.807, 2.05) is 32.2 Å². The summed E-state index contributed by atoms with van der Waals surface area (Å²) < 4.78 is 0. The molecule has 1 aromatic rings. The van der Waals surface area contributed by atoms with Crippen molar-refractivity contribution in [3.8, 4) is 0 Å². The summed E-state index contributed by atoms with van der Waals surface area (Å²) in [6.45, 7) is 5.84. The third-order valence-corrected chi connectivity index (χ3v) is 3.92. The Morgan fingerprint density at radius 3 is 2.36 bits per heavy atom. The van der Waals surface area contributed by atoms with Crippen LogP contribution in [0.15, 0.2) is 18.3 Å². The van der Waals surface area contributed by atoms with E-state index in [2.05, 4.69) is 15.2 Å². The molecule has 2 unspecified atom stereocenters. The van der Waals surface area contributed by atoms with Gasteiger partial charge in [0.05, 0.1) is 17.8 Å². The van der Waals surface area contributed by atoms with E-state index >= 15 is 0 Å². The van der Waals surface area contributed by atoms with Crippen LogP contribution in [0, 0.1) is 5.92 Å². The fourth-order valence-electron chi connectivity index (χ4n) is 2.28. The lowest BCUT2D eigenvalue weighted by Gasteiger charge is -2.28. The predicted octanol–water partition coefficient (Wildman–Crippen LogP) is 2.84. The van der Waals surface area contributed by atoms with Crippen molar-refractivity contribution in [1.29, 1.82) is 0 Å². The van der Waals surface area contributed by atoms with Crippen LogP contribution in [0.5, 0.6) is 0 Å². The van der Waals surface area contributed by atoms with E-state index in [0.29, 0.717) is 5.82 Å². The van der Waals surface area contributed by atoms with Crippen LogP contribution in [0.4, 0.5) is 11.5 Å². The van der Waals surface area contributed by atoms with E-state index in [-0.39, 0.29) is 42.7 Å². The molecule has 1 amide bonds. The number of hydrogen-bond donors (Lipinski definition) is 2. The Kier molecular flexibility index (Phi) is 9.41. The van der Waals surface area contributed by atoms with Crippen LogP contribution < -0.4 is 16.0 Å². The zero-order chi connectivity index (χ0) is 14.5. The molecule has 22 heavy (non-hydrogen) atoms. The number of carbonyl (C=O) groups is 1. The average Bonchev–Trinajstić information content (AvgIpc) is 2.48. The summed E-state index contributed by atoms with van der Waals surface area (Å²) in [5.74, 6) is 0.278. The summed E-state index contributed by atoms with van der Waals surface area (Å²) in [7, 11) is 0. The summed E-state index contributed by atoms with van der Waals surface area (Å²) in [4.78, 5) is 18.6. The number of pyridine rings is 1. The summed E-state index contributed by atoms with van der Waals surface area (Å²) in [6, 6.07) is 3.71. The number of amides is 1. The maximum absolute atomic E-state index is 11.9. The highest BCUT2D eigenvalue weighted by atomic mass is 35.5. The SMILES string of the molecule is CC(N)C(C)C(=O)Nc1ccc(N2CCCCC2)cn1.Cl.Cl. The van der Waals surface area contributed by atoms with E-state index in [4.69, 9.17) is 5.73 Å². The number of hydrogen-bond acceptors (Lipinski definition) is 4. The van der Waals surface area contributed by atoms with Gasteiger partial charge >= 0.3 is 0 Å². The van der Waals surface area contributed by atoms with Crippen LogP contribution in [0.2, 0.25) is 0 Å². The van der Waals surface area contributed by atoms with Crippen LogP contribution in [-0.2, 0) is 4.79 Å². The number of aromatic nitrogens is 1. The van der Waals surface area contributed by atoms with Gasteiger partial charge in [0.15, 0.2) is 0 Å². The third kappa shape index (κ3) is 5.63. The zero-order valence-electron chi connectivity index (χ0n) is 13.1. The number of piperidine rings is 1. The zero-order valence-corrected chi connectivity index (χ0v) is 14.8.